The molecule has 0 amide bonds. The van der Waals surface area contributed by atoms with Gasteiger partial charge in [-0.05, 0) is 76.6 Å². The monoisotopic (exact) mass is 617 g/mol. The molecular formula is C42H24BNO2S. The van der Waals surface area contributed by atoms with E-state index in [0.29, 0.717) is 0 Å². The van der Waals surface area contributed by atoms with Crippen LogP contribution in [0, 0.1) is 0 Å². The third-order valence-corrected chi connectivity index (χ3v) is 11.1. The number of nitrogens with zero attached hydrogens (tertiary/aromatic N) is 1. The van der Waals surface area contributed by atoms with Crippen LogP contribution in [-0.2, 0) is 0 Å². The second-order valence-corrected chi connectivity index (χ2v) is 13.5. The quantitative estimate of drug-likeness (QED) is 0.181. The lowest BCUT2D eigenvalue weighted by Gasteiger charge is -2.33. The largest absolute Gasteiger partial charge is 0.458 e. The lowest BCUT2D eigenvalue weighted by molar-refractivity contribution is 0.467. The van der Waals surface area contributed by atoms with Crippen LogP contribution >= 0.6 is 11.3 Å². The highest BCUT2D eigenvalue weighted by Gasteiger charge is 2.41. The van der Waals surface area contributed by atoms with E-state index in [-0.39, 0.29) is 6.71 Å². The molecule has 7 aromatic carbocycles. The first kappa shape index (κ1) is 25.4. The normalized spacial score (nSPS) is 13.0. The topological polar surface area (TPSA) is 23.4 Å². The smallest absolute Gasteiger partial charge is 0.260 e. The summed E-state index contributed by atoms with van der Waals surface area (Å²) in [6.45, 7) is 0.0310. The third kappa shape index (κ3) is 3.52. The summed E-state index contributed by atoms with van der Waals surface area (Å²) in [6.07, 6.45) is 0. The predicted octanol–water partition coefficient (Wildman–Crippen LogP) is 9.55. The van der Waals surface area contributed by atoms with Gasteiger partial charge >= 0.3 is 0 Å². The number of para-hydroxylation sites is 3. The molecule has 2 aromatic heterocycles. The molecule has 9 aromatic rings. The van der Waals surface area contributed by atoms with E-state index in [1.165, 1.54) is 52.9 Å². The van der Waals surface area contributed by atoms with Crippen molar-refractivity contribution in [3.05, 3.63) is 146 Å². The minimum absolute atomic E-state index is 0.0310. The van der Waals surface area contributed by atoms with Crippen LogP contribution in [-0.4, -0.2) is 11.3 Å². The highest BCUT2D eigenvalue weighted by Crippen LogP contribution is 2.44. The Morgan fingerprint density at radius 1 is 0.489 bits per heavy atom. The minimum atomic E-state index is 0.0310. The standard InChI is InChI=1S/C42H24BNO2S/c1-5-13-33-28(9-1)29-10-2-6-14-34(29)44(33)27-19-17-25(18-20-27)26-23-36-41-37(24-26)46-42-32(43(41)31-12-4-7-15-35(31)45-36)21-22-39-40(42)30-11-3-8-16-38(30)47-39/h1-24H. The summed E-state index contributed by atoms with van der Waals surface area (Å²) < 4.78 is 18.5. The van der Waals surface area contributed by atoms with Crippen molar-refractivity contribution in [1.82, 2.24) is 4.57 Å². The second-order valence-electron chi connectivity index (χ2n) is 12.4. The second kappa shape index (κ2) is 9.38. The van der Waals surface area contributed by atoms with Crippen molar-refractivity contribution in [2.24, 2.45) is 0 Å². The number of fused-ring (bicyclic) bond motifs is 11. The number of thiophene rings is 1. The Bertz CT molecular complexity index is 2700. The maximum absolute atomic E-state index is 6.98. The summed E-state index contributed by atoms with van der Waals surface area (Å²) in [5, 5.41) is 4.96. The summed E-state index contributed by atoms with van der Waals surface area (Å²) in [4.78, 5) is 0. The van der Waals surface area contributed by atoms with E-state index in [0.717, 1.165) is 45.3 Å². The summed E-state index contributed by atoms with van der Waals surface area (Å²) in [6, 6.07) is 52.1. The fraction of sp³-hybridized carbons (Fsp3) is 0. The van der Waals surface area contributed by atoms with Gasteiger partial charge in [-0.15, -0.1) is 11.3 Å². The molecule has 0 aliphatic carbocycles. The van der Waals surface area contributed by atoms with E-state index in [9.17, 15) is 0 Å². The molecule has 3 nitrogen and oxygen atoms in total. The number of hydrogen-bond donors (Lipinski definition) is 0. The molecule has 0 saturated carbocycles. The Labute approximate surface area is 274 Å². The van der Waals surface area contributed by atoms with Crippen LogP contribution in [0.2, 0.25) is 0 Å². The van der Waals surface area contributed by atoms with Crippen molar-refractivity contribution in [1.29, 1.82) is 0 Å². The number of hydrogen-bond acceptors (Lipinski definition) is 3. The molecule has 0 atom stereocenters. The average Bonchev–Trinajstić information content (AvgIpc) is 3.68. The molecule has 47 heavy (non-hydrogen) atoms. The summed E-state index contributed by atoms with van der Waals surface area (Å²) >= 11 is 1.82. The molecule has 4 heterocycles. The van der Waals surface area contributed by atoms with Crippen molar-refractivity contribution >= 4 is 76.4 Å². The maximum Gasteiger partial charge on any atom is 0.260 e. The van der Waals surface area contributed by atoms with Crippen LogP contribution in [0.3, 0.4) is 0 Å². The Morgan fingerprint density at radius 2 is 1.15 bits per heavy atom. The predicted molar refractivity (Wildman–Crippen MR) is 197 cm³/mol. The molecule has 0 bridgehead atoms. The molecule has 2 aliphatic rings. The van der Waals surface area contributed by atoms with E-state index in [1.807, 2.05) is 11.3 Å². The van der Waals surface area contributed by atoms with Crippen LogP contribution in [0.5, 0.6) is 23.0 Å². The van der Waals surface area contributed by atoms with Crippen LogP contribution in [0.15, 0.2) is 146 Å². The van der Waals surface area contributed by atoms with Crippen LogP contribution in [0.4, 0.5) is 0 Å². The molecule has 0 saturated heterocycles. The summed E-state index contributed by atoms with van der Waals surface area (Å²) in [7, 11) is 0. The lowest BCUT2D eigenvalue weighted by atomic mass is 9.34. The molecule has 0 N–H and O–H groups in total. The SMILES string of the molecule is c1ccc2c(c1)Oc1cc(-c3ccc(-n4c5ccccc5c5ccccc54)cc3)cc3c1B2c1ccc2sc4ccccc4c2c1O3. The first-order valence-electron chi connectivity index (χ1n) is 16.0. The molecule has 0 spiro atoms. The molecule has 0 fully saturated rings. The van der Waals surface area contributed by atoms with Gasteiger partial charge in [0.25, 0.3) is 6.71 Å². The number of benzene rings is 7. The first-order valence-corrected chi connectivity index (χ1v) is 16.8. The number of rotatable bonds is 2. The van der Waals surface area contributed by atoms with E-state index >= 15 is 0 Å². The molecule has 2 aliphatic heterocycles. The fourth-order valence-corrected chi connectivity index (χ4v) is 8.99. The number of ether oxygens (including phenoxy) is 2. The van der Waals surface area contributed by atoms with Gasteiger partial charge in [-0.3, -0.25) is 0 Å². The van der Waals surface area contributed by atoms with Gasteiger partial charge in [0.05, 0.1) is 11.0 Å². The Hall–Kier alpha value is -5.78. The van der Waals surface area contributed by atoms with Gasteiger partial charge in [0.15, 0.2) is 0 Å². The summed E-state index contributed by atoms with van der Waals surface area (Å²) in [5.74, 6) is 3.57. The molecule has 5 heteroatoms. The first-order chi connectivity index (χ1) is 23.3. The van der Waals surface area contributed by atoms with Crippen LogP contribution in [0.1, 0.15) is 0 Å². The van der Waals surface area contributed by atoms with Crippen molar-refractivity contribution in [2.75, 3.05) is 0 Å². The third-order valence-electron chi connectivity index (χ3n) is 9.93. The van der Waals surface area contributed by atoms with Gasteiger partial charge in [0.2, 0.25) is 0 Å². The van der Waals surface area contributed by atoms with Crippen molar-refractivity contribution in [3.63, 3.8) is 0 Å². The van der Waals surface area contributed by atoms with Crippen molar-refractivity contribution in [2.45, 2.75) is 0 Å². The molecule has 0 radical (unpaired) electrons. The van der Waals surface area contributed by atoms with Crippen molar-refractivity contribution < 1.29 is 9.47 Å². The minimum Gasteiger partial charge on any atom is -0.458 e. The zero-order valence-corrected chi connectivity index (χ0v) is 25.9. The Balaban J connectivity index is 1.09. The van der Waals surface area contributed by atoms with Gasteiger partial charge < -0.3 is 14.0 Å². The number of aromatic nitrogens is 1. The van der Waals surface area contributed by atoms with E-state index in [1.54, 1.807) is 0 Å². The molecule has 218 valence electrons. The zero-order chi connectivity index (χ0) is 30.6. The van der Waals surface area contributed by atoms with Crippen LogP contribution in [0.25, 0.3) is 58.8 Å². The van der Waals surface area contributed by atoms with Gasteiger partial charge in [-0.1, -0.05) is 91.0 Å². The fourth-order valence-electron chi connectivity index (χ4n) is 7.88. The van der Waals surface area contributed by atoms with Gasteiger partial charge in [0.1, 0.15) is 23.0 Å². The highest BCUT2D eigenvalue weighted by molar-refractivity contribution is 7.26. The maximum atomic E-state index is 6.98. The van der Waals surface area contributed by atoms with Gasteiger partial charge in [0, 0.05) is 42.1 Å². The van der Waals surface area contributed by atoms with E-state index < -0.39 is 0 Å². The zero-order valence-electron chi connectivity index (χ0n) is 25.1. The summed E-state index contributed by atoms with van der Waals surface area (Å²) in [5.41, 5.74) is 9.18. The Kier molecular flexibility index (Phi) is 5.07. The van der Waals surface area contributed by atoms with E-state index in [4.69, 9.17) is 9.47 Å². The molecule has 0 unspecified atom stereocenters. The molecular weight excluding hydrogens is 593 g/mol. The Morgan fingerprint density at radius 3 is 1.94 bits per heavy atom. The van der Waals surface area contributed by atoms with E-state index in [2.05, 4.69) is 150 Å². The van der Waals surface area contributed by atoms with Gasteiger partial charge in [-0.25, -0.2) is 0 Å². The molecule has 11 rings (SSSR count). The average molecular weight is 618 g/mol. The highest BCUT2D eigenvalue weighted by atomic mass is 32.1. The lowest BCUT2D eigenvalue weighted by Crippen LogP contribution is -2.57. The van der Waals surface area contributed by atoms with Crippen molar-refractivity contribution in [3.8, 4) is 39.8 Å². The van der Waals surface area contributed by atoms with Crippen LogP contribution < -0.4 is 25.9 Å². The van der Waals surface area contributed by atoms with Gasteiger partial charge in [-0.2, -0.15) is 0 Å².